The molecule has 0 aromatic heterocycles. The predicted molar refractivity (Wildman–Crippen MR) is 80.2 cm³/mol. The van der Waals surface area contributed by atoms with E-state index >= 15 is 0 Å². The molecular formula is C16H18F3NO5. The van der Waals surface area contributed by atoms with Gasteiger partial charge in [0.2, 0.25) is 0 Å². The molecule has 0 spiro atoms. The molecule has 1 aliphatic rings. The van der Waals surface area contributed by atoms with Crippen LogP contribution in [-0.4, -0.2) is 47.1 Å². The van der Waals surface area contributed by atoms with Crippen LogP contribution in [0, 0.1) is 0 Å². The average Bonchev–Trinajstić information content (AvgIpc) is 2.35. The van der Waals surface area contributed by atoms with Crippen LogP contribution in [0.2, 0.25) is 0 Å². The largest absolute Gasteiger partial charge is 0.573 e. The number of benzene rings is 1. The number of hydrogen-bond acceptors (Lipinski definition) is 4. The number of rotatable bonds is 3. The molecule has 1 aliphatic heterocycles. The third-order valence-electron chi connectivity index (χ3n) is 3.62. The second-order valence-corrected chi connectivity index (χ2v) is 6.80. The van der Waals surface area contributed by atoms with E-state index in [0.29, 0.717) is 0 Å². The molecule has 9 heteroatoms. The van der Waals surface area contributed by atoms with E-state index in [1.807, 2.05) is 0 Å². The second-order valence-electron chi connectivity index (χ2n) is 6.80. The van der Waals surface area contributed by atoms with Crippen molar-refractivity contribution in [2.75, 3.05) is 13.1 Å². The number of carboxylic acid groups (broad SMARTS) is 1. The molecule has 1 heterocycles. The van der Waals surface area contributed by atoms with Crippen molar-refractivity contribution in [3.05, 3.63) is 29.8 Å². The maximum absolute atomic E-state index is 12.2. The van der Waals surface area contributed by atoms with Crippen molar-refractivity contribution in [1.29, 1.82) is 0 Å². The van der Waals surface area contributed by atoms with Gasteiger partial charge in [-0.15, -0.1) is 13.2 Å². The van der Waals surface area contributed by atoms with E-state index < -0.39 is 35.2 Å². The van der Waals surface area contributed by atoms with Gasteiger partial charge in [-0.1, -0.05) is 12.1 Å². The summed E-state index contributed by atoms with van der Waals surface area (Å²) in [6.45, 7) is 4.81. The van der Waals surface area contributed by atoms with Gasteiger partial charge in [-0.05, 0) is 38.5 Å². The van der Waals surface area contributed by atoms with Crippen molar-refractivity contribution >= 4 is 12.1 Å². The summed E-state index contributed by atoms with van der Waals surface area (Å²) in [4.78, 5) is 24.9. The van der Waals surface area contributed by atoms with Crippen LogP contribution in [0.5, 0.6) is 5.75 Å². The van der Waals surface area contributed by atoms with Crippen molar-refractivity contribution in [2.24, 2.45) is 0 Å². The highest BCUT2D eigenvalue weighted by Crippen LogP contribution is 2.37. The summed E-state index contributed by atoms with van der Waals surface area (Å²) in [5, 5.41) is 9.54. The molecule has 0 aliphatic carbocycles. The fourth-order valence-corrected chi connectivity index (χ4v) is 2.48. The zero-order valence-electron chi connectivity index (χ0n) is 13.9. The van der Waals surface area contributed by atoms with Gasteiger partial charge in [0, 0.05) is 13.1 Å². The number of nitrogens with zero attached hydrogens (tertiary/aromatic N) is 1. The molecule has 0 saturated carbocycles. The minimum absolute atomic E-state index is 0.128. The molecule has 1 amide bonds. The maximum Gasteiger partial charge on any atom is 0.573 e. The highest BCUT2D eigenvalue weighted by molar-refractivity contribution is 5.86. The van der Waals surface area contributed by atoms with E-state index in [4.69, 9.17) is 4.74 Å². The first kappa shape index (κ1) is 18.9. The molecule has 0 bridgehead atoms. The van der Waals surface area contributed by atoms with Gasteiger partial charge in [-0.3, -0.25) is 4.79 Å². The highest BCUT2D eigenvalue weighted by atomic mass is 19.4. The Morgan fingerprint density at radius 2 is 1.64 bits per heavy atom. The van der Waals surface area contributed by atoms with Gasteiger partial charge in [-0.2, -0.15) is 0 Å². The van der Waals surface area contributed by atoms with Crippen molar-refractivity contribution in [3.8, 4) is 5.75 Å². The quantitative estimate of drug-likeness (QED) is 0.895. The number of carbonyl (C=O) groups excluding carboxylic acids is 1. The zero-order valence-corrected chi connectivity index (χ0v) is 13.9. The molecule has 1 aromatic carbocycles. The van der Waals surface area contributed by atoms with E-state index in [-0.39, 0.29) is 18.7 Å². The molecule has 1 fully saturated rings. The van der Waals surface area contributed by atoms with E-state index in [1.165, 1.54) is 17.0 Å². The summed E-state index contributed by atoms with van der Waals surface area (Å²) in [5.74, 6) is -1.61. The topological polar surface area (TPSA) is 76.1 Å². The molecule has 1 saturated heterocycles. The Balaban J connectivity index is 2.13. The molecular weight excluding hydrogens is 343 g/mol. The number of alkyl halides is 3. The Kier molecular flexibility index (Phi) is 4.63. The van der Waals surface area contributed by atoms with Gasteiger partial charge in [0.15, 0.2) is 0 Å². The number of ether oxygens (including phenoxy) is 2. The van der Waals surface area contributed by atoms with Crippen LogP contribution < -0.4 is 4.74 Å². The smallest absolute Gasteiger partial charge is 0.480 e. The van der Waals surface area contributed by atoms with Crippen molar-refractivity contribution in [3.63, 3.8) is 0 Å². The SMILES string of the molecule is CC(C)(C)OC(=O)N1CC(C(=O)O)(c2ccc(OC(F)(F)F)cc2)C1. The summed E-state index contributed by atoms with van der Waals surface area (Å²) in [6, 6.07) is 4.59. The minimum atomic E-state index is -4.82. The van der Waals surface area contributed by atoms with Gasteiger partial charge in [0.05, 0.1) is 0 Å². The standard InChI is InChI=1S/C16H18F3NO5/c1-14(2,3)25-13(23)20-8-15(9-20,12(21)22)10-4-6-11(7-5-10)24-16(17,18)19/h4-7H,8-9H2,1-3H3,(H,21,22). The molecule has 1 N–H and O–H groups in total. The summed E-state index contributed by atoms with van der Waals surface area (Å²) in [7, 11) is 0. The predicted octanol–water partition coefficient (Wildman–Crippen LogP) is 3.16. The van der Waals surface area contributed by atoms with Crippen LogP contribution in [0.1, 0.15) is 26.3 Å². The Hall–Kier alpha value is -2.45. The van der Waals surface area contributed by atoms with Crippen LogP contribution in [0.4, 0.5) is 18.0 Å². The van der Waals surface area contributed by atoms with Crippen LogP contribution in [0.15, 0.2) is 24.3 Å². The molecule has 0 unspecified atom stereocenters. The first-order chi connectivity index (χ1) is 11.3. The molecule has 138 valence electrons. The maximum atomic E-state index is 12.2. The first-order valence-corrected chi connectivity index (χ1v) is 7.40. The monoisotopic (exact) mass is 361 g/mol. The minimum Gasteiger partial charge on any atom is -0.480 e. The van der Waals surface area contributed by atoms with Crippen molar-refractivity contribution in [2.45, 2.75) is 38.1 Å². The molecule has 1 aromatic rings. The summed E-state index contributed by atoms with van der Waals surface area (Å²) in [6.07, 6.45) is -5.46. The lowest BCUT2D eigenvalue weighted by molar-refractivity contribution is -0.274. The fourth-order valence-electron chi connectivity index (χ4n) is 2.48. The van der Waals surface area contributed by atoms with Gasteiger partial charge in [-0.25, -0.2) is 4.79 Å². The summed E-state index contributed by atoms with van der Waals surface area (Å²) < 4.78 is 45.5. The van der Waals surface area contributed by atoms with Gasteiger partial charge >= 0.3 is 18.4 Å². The van der Waals surface area contributed by atoms with Crippen molar-refractivity contribution in [1.82, 2.24) is 4.90 Å². The van der Waals surface area contributed by atoms with E-state index in [1.54, 1.807) is 20.8 Å². The third-order valence-corrected chi connectivity index (χ3v) is 3.62. The number of carboxylic acids is 1. The van der Waals surface area contributed by atoms with Crippen LogP contribution in [0.3, 0.4) is 0 Å². The molecule has 0 atom stereocenters. The molecule has 25 heavy (non-hydrogen) atoms. The number of amides is 1. The number of aliphatic carboxylic acids is 1. The van der Waals surface area contributed by atoms with E-state index in [2.05, 4.69) is 4.74 Å². The molecule has 6 nitrogen and oxygen atoms in total. The lowest BCUT2D eigenvalue weighted by Crippen LogP contribution is -2.65. The Morgan fingerprint density at radius 3 is 2.04 bits per heavy atom. The fraction of sp³-hybridized carbons (Fsp3) is 0.500. The second kappa shape index (κ2) is 6.12. The Bertz CT molecular complexity index is 658. The number of carbonyl (C=O) groups is 2. The average molecular weight is 361 g/mol. The normalized spacial score (nSPS) is 16.8. The van der Waals surface area contributed by atoms with Crippen molar-refractivity contribution < 1.29 is 37.3 Å². The number of likely N-dealkylation sites (tertiary alicyclic amines) is 1. The Morgan fingerprint density at radius 1 is 1.12 bits per heavy atom. The number of hydrogen-bond donors (Lipinski definition) is 1. The van der Waals surface area contributed by atoms with Gasteiger partial charge in [0.25, 0.3) is 0 Å². The number of halogens is 3. The van der Waals surface area contributed by atoms with Crippen LogP contribution >= 0.6 is 0 Å². The van der Waals surface area contributed by atoms with Crippen LogP contribution in [0.25, 0.3) is 0 Å². The molecule has 0 radical (unpaired) electrons. The van der Waals surface area contributed by atoms with Gasteiger partial charge < -0.3 is 19.5 Å². The van der Waals surface area contributed by atoms with E-state index in [9.17, 15) is 27.9 Å². The van der Waals surface area contributed by atoms with Crippen LogP contribution in [-0.2, 0) is 14.9 Å². The lowest BCUT2D eigenvalue weighted by atomic mass is 9.74. The first-order valence-electron chi connectivity index (χ1n) is 7.40. The lowest BCUT2D eigenvalue weighted by Gasteiger charge is -2.47. The molecule has 2 rings (SSSR count). The summed E-state index contributed by atoms with van der Waals surface area (Å²) in [5.41, 5.74) is -1.81. The third kappa shape index (κ3) is 4.34. The van der Waals surface area contributed by atoms with Gasteiger partial charge in [0.1, 0.15) is 16.8 Å². The Labute approximate surface area is 142 Å². The zero-order chi connectivity index (χ0) is 19.0. The summed E-state index contributed by atoms with van der Waals surface area (Å²) >= 11 is 0. The highest BCUT2D eigenvalue weighted by Gasteiger charge is 2.53. The van der Waals surface area contributed by atoms with E-state index in [0.717, 1.165) is 12.1 Å².